The first-order chi connectivity index (χ1) is 12.7. The lowest BCUT2D eigenvalue weighted by molar-refractivity contribution is 0.0697. The Balaban J connectivity index is 1.76. The molecule has 0 bridgehead atoms. The molecule has 0 saturated carbocycles. The Morgan fingerprint density at radius 2 is 1.65 bits per heavy atom. The Labute approximate surface area is 149 Å². The average Bonchev–Trinajstić information content (AvgIpc) is 2.69. The zero-order valence-corrected chi connectivity index (χ0v) is 13.6. The summed E-state index contributed by atoms with van der Waals surface area (Å²) in [5, 5.41) is 12.3. The number of hydrogen-bond donors (Lipinski definition) is 2. The molecule has 2 N–H and O–H groups in total. The van der Waals surface area contributed by atoms with Gasteiger partial charge in [-0.05, 0) is 36.4 Å². The summed E-state index contributed by atoms with van der Waals surface area (Å²) in [6.45, 7) is 0. The standard InChI is InChI=1S/C20H14N4O2/c25-20(26)14-8-6-13(7-9-14)16-10-11-17-18(24-16)19(22-12-21-17)23-15-4-2-1-3-5-15/h1-12H,(H,25,26)(H,21,22,23). The van der Waals surface area contributed by atoms with Gasteiger partial charge in [-0.3, -0.25) is 0 Å². The summed E-state index contributed by atoms with van der Waals surface area (Å²) in [7, 11) is 0. The van der Waals surface area contributed by atoms with Crippen molar-refractivity contribution in [3.63, 3.8) is 0 Å². The summed E-state index contributed by atoms with van der Waals surface area (Å²) in [5.74, 6) is -0.337. The smallest absolute Gasteiger partial charge is 0.335 e. The van der Waals surface area contributed by atoms with E-state index < -0.39 is 5.97 Å². The van der Waals surface area contributed by atoms with Crippen LogP contribution in [0.4, 0.5) is 11.5 Å². The molecule has 4 rings (SSSR count). The highest BCUT2D eigenvalue weighted by atomic mass is 16.4. The van der Waals surface area contributed by atoms with Crippen LogP contribution >= 0.6 is 0 Å². The Bertz CT molecular complexity index is 1080. The third-order valence-electron chi connectivity index (χ3n) is 3.95. The second kappa shape index (κ2) is 6.60. The number of hydrogen-bond acceptors (Lipinski definition) is 5. The van der Waals surface area contributed by atoms with E-state index in [1.165, 1.54) is 6.33 Å². The highest BCUT2D eigenvalue weighted by molar-refractivity contribution is 5.90. The van der Waals surface area contributed by atoms with Gasteiger partial charge in [0.2, 0.25) is 0 Å². The van der Waals surface area contributed by atoms with Gasteiger partial charge >= 0.3 is 5.97 Å². The predicted molar refractivity (Wildman–Crippen MR) is 99.5 cm³/mol. The highest BCUT2D eigenvalue weighted by Gasteiger charge is 2.09. The number of pyridine rings is 1. The number of carboxylic acids is 1. The lowest BCUT2D eigenvalue weighted by Gasteiger charge is -2.09. The fourth-order valence-corrected chi connectivity index (χ4v) is 2.63. The maximum atomic E-state index is 11.0. The van der Waals surface area contributed by atoms with Crippen LogP contribution in [0, 0.1) is 0 Å². The van der Waals surface area contributed by atoms with Crippen molar-refractivity contribution < 1.29 is 9.90 Å². The molecule has 6 nitrogen and oxygen atoms in total. The monoisotopic (exact) mass is 342 g/mol. The van der Waals surface area contributed by atoms with Gasteiger partial charge in [0.15, 0.2) is 5.82 Å². The minimum absolute atomic E-state index is 0.240. The van der Waals surface area contributed by atoms with E-state index in [2.05, 4.69) is 20.3 Å². The Kier molecular flexibility index (Phi) is 3.99. The van der Waals surface area contributed by atoms with Crippen LogP contribution in [0.25, 0.3) is 22.3 Å². The van der Waals surface area contributed by atoms with Gasteiger partial charge in [-0.1, -0.05) is 30.3 Å². The number of benzene rings is 2. The largest absolute Gasteiger partial charge is 0.478 e. The van der Waals surface area contributed by atoms with Crippen LogP contribution in [-0.4, -0.2) is 26.0 Å². The number of nitrogens with zero attached hydrogens (tertiary/aromatic N) is 3. The van der Waals surface area contributed by atoms with Gasteiger partial charge in [0.1, 0.15) is 11.8 Å². The quantitative estimate of drug-likeness (QED) is 0.580. The number of rotatable bonds is 4. The first-order valence-corrected chi connectivity index (χ1v) is 7.98. The van der Waals surface area contributed by atoms with Crippen molar-refractivity contribution in [3.8, 4) is 11.3 Å². The SMILES string of the molecule is O=C(O)c1ccc(-c2ccc3ncnc(Nc4ccccc4)c3n2)cc1. The number of aromatic nitrogens is 3. The predicted octanol–water partition coefficient (Wildman–Crippen LogP) is 4.13. The first kappa shape index (κ1) is 15.7. The fraction of sp³-hybridized carbons (Fsp3) is 0. The molecule has 0 saturated heterocycles. The molecule has 6 heteroatoms. The lowest BCUT2D eigenvalue weighted by Crippen LogP contribution is -1.98. The molecule has 0 unspecified atom stereocenters. The van der Waals surface area contributed by atoms with E-state index in [0.717, 1.165) is 22.5 Å². The zero-order chi connectivity index (χ0) is 17.9. The summed E-state index contributed by atoms with van der Waals surface area (Å²) < 4.78 is 0. The molecule has 0 amide bonds. The third-order valence-corrected chi connectivity index (χ3v) is 3.95. The van der Waals surface area contributed by atoms with Crippen LogP contribution in [0.3, 0.4) is 0 Å². The Hall–Kier alpha value is -3.80. The van der Waals surface area contributed by atoms with Crippen molar-refractivity contribution in [3.05, 3.63) is 78.6 Å². The second-order valence-corrected chi connectivity index (χ2v) is 5.66. The number of carboxylic acid groups (broad SMARTS) is 1. The summed E-state index contributed by atoms with van der Waals surface area (Å²) in [4.78, 5) is 24.3. The summed E-state index contributed by atoms with van der Waals surface area (Å²) in [6, 6.07) is 20.1. The Morgan fingerprint density at radius 1 is 0.885 bits per heavy atom. The Morgan fingerprint density at radius 3 is 2.38 bits per heavy atom. The summed E-state index contributed by atoms with van der Waals surface area (Å²) in [5.41, 5.74) is 4.07. The van der Waals surface area contributed by atoms with Gasteiger partial charge in [-0.15, -0.1) is 0 Å². The van der Waals surface area contributed by atoms with Gasteiger partial charge in [0.05, 0.1) is 16.8 Å². The molecule has 26 heavy (non-hydrogen) atoms. The molecule has 0 fully saturated rings. The van der Waals surface area contributed by atoms with E-state index in [1.807, 2.05) is 42.5 Å². The molecule has 0 radical (unpaired) electrons. The topological polar surface area (TPSA) is 88.0 Å². The molecule has 4 aromatic rings. The molecule has 0 atom stereocenters. The third kappa shape index (κ3) is 3.08. The van der Waals surface area contributed by atoms with Crippen LogP contribution in [0.2, 0.25) is 0 Å². The second-order valence-electron chi connectivity index (χ2n) is 5.66. The maximum Gasteiger partial charge on any atom is 0.335 e. The number of nitrogens with one attached hydrogen (secondary N) is 1. The van der Waals surface area contributed by atoms with Crippen LogP contribution in [0.5, 0.6) is 0 Å². The molecule has 2 aromatic carbocycles. The molecule has 2 heterocycles. The lowest BCUT2D eigenvalue weighted by atomic mass is 10.1. The number of para-hydroxylation sites is 1. The molecule has 0 aliphatic carbocycles. The van der Waals surface area contributed by atoms with Crippen LogP contribution in [-0.2, 0) is 0 Å². The molecule has 0 aliphatic heterocycles. The van der Waals surface area contributed by atoms with Gasteiger partial charge in [0, 0.05) is 11.3 Å². The minimum atomic E-state index is -0.953. The maximum absolute atomic E-state index is 11.0. The van der Waals surface area contributed by atoms with Gasteiger partial charge in [-0.25, -0.2) is 19.7 Å². The van der Waals surface area contributed by atoms with Crippen molar-refractivity contribution in [2.24, 2.45) is 0 Å². The molecular weight excluding hydrogens is 328 g/mol. The van der Waals surface area contributed by atoms with Crippen LogP contribution in [0.1, 0.15) is 10.4 Å². The average molecular weight is 342 g/mol. The first-order valence-electron chi connectivity index (χ1n) is 7.98. The van der Waals surface area contributed by atoms with Crippen LogP contribution in [0.15, 0.2) is 73.1 Å². The van der Waals surface area contributed by atoms with E-state index in [1.54, 1.807) is 24.3 Å². The van der Waals surface area contributed by atoms with Gasteiger partial charge < -0.3 is 10.4 Å². The molecule has 0 aliphatic rings. The van der Waals surface area contributed by atoms with E-state index in [9.17, 15) is 4.79 Å². The van der Waals surface area contributed by atoms with E-state index in [-0.39, 0.29) is 5.56 Å². The molecule has 126 valence electrons. The zero-order valence-electron chi connectivity index (χ0n) is 13.6. The van der Waals surface area contributed by atoms with Crippen molar-refractivity contribution in [2.45, 2.75) is 0 Å². The van der Waals surface area contributed by atoms with E-state index >= 15 is 0 Å². The number of aromatic carboxylic acids is 1. The molecular formula is C20H14N4O2. The van der Waals surface area contributed by atoms with E-state index in [0.29, 0.717) is 11.3 Å². The van der Waals surface area contributed by atoms with Crippen molar-refractivity contribution in [1.82, 2.24) is 15.0 Å². The van der Waals surface area contributed by atoms with E-state index in [4.69, 9.17) is 5.11 Å². The number of fused-ring (bicyclic) bond motifs is 1. The van der Waals surface area contributed by atoms with Gasteiger partial charge in [-0.2, -0.15) is 0 Å². The fourth-order valence-electron chi connectivity index (χ4n) is 2.63. The van der Waals surface area contributed by atoms with Crippen LogP contribution < -0.4 is 5.32 Å². The van der Waals surface area contributed by atoms with Crippen molar-refractivity contribution in [2.75, 3.05) is 5.32 Å². The van der Waals surface area contributed by atoms with Gasteiger partial charge in [0.25, 0.3) is 0 Å². The number of anilines is 2. The summed E-state index contributed by atoms with van der Waals surface area (Å²) in [6.07, 6.45) is 1.50. The van der Waals surface area contributed by atoms with Crippen molar-refractivity contribution in [1.29, 1.82) is 0 Å². The van der Waals surface area contributed by atoms with Crippen molar-refractivity contribution >= 4 is 28.5 Å². The molecule has 0 spiro atoms. The summed E-state index contributed by atoms with van der Waals surface area (Å²) >= 11 is 0. The normalized spacial score (nSPS) is 10.6. The minimum Gasteiger partial charge on any atom is -0.478 e. The molecule has 2 aromatic heterocycles. The number of carbonyl (C=O) groups is 1. The highest BCUT2D eigenvalue weighted by Crippen LogP contribution is 2.25.